The maximum absolute atomic E-state index is 13.0. The molecule has 1 aromatic carbocycles. The maximum Gasteiger partial charge on any atom is 0.237 e. The molecule has 1 atom stereocenters. The summed E-state index contributed by atoms with van der Waals surface area (Å²) in [6, 6.07) is 11.2. The molecule has 1 fully saturated rings. The van der Waals surface area contributed by atoms with Gasteiger partial charge in [-0.2, -0.15) is 0 Å². The Morgan fingerprint density at radius 3 is 2.96 bits per heavy atom. The van der Waals surface area contributed by atoms with Crippen LogP contribution in [0.4, 0.5) is 0 Å². The molecule has 0 saturated carbocycles. The lowest BCUT2D eigenvalue weighted by molar-refractivity contribution is -0.139. The van der Waals surface area contributed by atoms with E-state index in [1.807, 2.05) is 36.4 Å². The van der Waals surface area contributed by atoms with Crippen LogP contribution in [0.25, 0.3) is 0 Å². The third-order valence-electron chi connectivity index (χ3n) is 5.22. The van der Waals surface area contributed by atoms with Crippen molar-refractivity contribution in [3.05, 3.63) is 59.9 Å². The topological polar surface area (TPSA) is 74.8 Å². The highest BCUT2D eigenvalue weighted by Crippen LogP contribution is 2.23. The Morgan fingerprint density at radius 2 is 2.11 bits per heavy atom. The molecule has 2 aliphatic heterocycles. The first-order valence-corrected chi connectivity index (χ1v) is 9.60. The van der Waals surface area contributed by atoms with Gasteiger partial charge in [-0.15, -0.1) is 0 Å². The highest BCUT2D eigenvalue weighted by molar-refractivity contribution is 5.89. The summed E-state index contributed by atoms with van der Waals surface area (Å²) in [7, 11) is 0. The van der Waals surface area contributed by atoms with E-state index >= 15 is 0 Å². The van der Waals surface area contributed by atoms with E-state index in [0.29, 0.717) is 39.3 Å². The Bertz CT molecular complexity index is 843. The van der Waals surface area contributed by atoms with Crippen LogP contribution in [0, 0.1) is 0 Å². The quantitative estimate of drug-likeness (QED) is 0.863. The van der Waals surface area contributed by atoms with Crippen molar-refractivity contribution in [2.24, 2.45) is 0 Å². The molecule has 1 N–H and O–H groups in total. The molecule has 0 radical (unpaired) electrons. The molecule has 0 bridgehead atoms. The van der Waals surface area contributed by atoms with Crippen molar-refractivity contribution >= 4 is 11.8 Å². The first kappa shape index (κ1) is 18.4. The SMILES string of the molecule is O=C1NCCN(Cc2cccnc2)[C@H]1CC(=O)N1CCOc2ccccc2C1. The Labute approximate surface area is 164 Å². The Kier molecular flexibility index (Phi) is 5.53. The van der Waals surface area contributed by atoms with Crippen LogP contribution in [-0.2, 0) is 22.7 Å². The number of rotatable bonds is 4. The van der Waals surface area contributed by atoms with E-state index in [4.69, 9.17) is 4.74 Å². The highest BCUT2D eigenvalue weighted by atomic mass is 16.5. The Morgan fingerprint density at radius 1 is 1.21 bits per heavy atom. The Balaban J connectivity index is 1.46. The van der Waals surface area contributed by atoms with Crippen molar-refractivity contribution in [3.8, 4) is 5.75 Å². The van der Waals surface area contributed by atoms with Crippen LogP contribution in [-0.4, -0.2) is 58.9 Å². The predicted molar refractivity (Wildman–Crippen MR) is 103 cm³/mol. The summed E-state index contributed by atoms with van der Waals surface area (Å²) >= 11 is 0. The lowest BCUT2D eigenvalue weighted by atomic mass is 10.1. The number of piperazine rings is 1. The number of hydrogen-bond donors (Lipinski definition) is 1. The summed E-state index contributed by atoms with van der Waals surface area (Å²) in [6.07, 6.45) is 3.69. The van der Waals surface area contributed by atoms with Gasteiger partial charge in [0.05, 0.1) is 19.0 Å². The van der Waals surface area contributed by atoms with Gasteiger partial charge in [-0.3, -0.25) is 19.5 Å². The summed E-state index contributed by atoms with van der Waals surface area (Å²) in [5, 5.41) is 2.89. The number of aromatic nitrogens is 1. The molecular formula is C21H24N4O3. The maximum atomic E-state index is 13.0. The Hall–Kier alpha value is -2.93. The number of hydrogen-bond acceptors (Lipinski definition) is 5. The van der Waals surface area contributed by atoms with Crippen molar-refractivity contribution < 1.29 is 14.3 Å². The number of benzene rings is 1. The van der Waals surface area contributed by atoms with Crippen LogP contribution in [0.1, 0.15) is 17.5 Å². The summed E-state index contributed by atoms with van der Waals surface area (Å²) in [5.41, 5.74) is 2.03. The number of carbonyl (C=O) groups is 2. The van der Waals surface area contributed by atoms with Crippen molar-refractivity contribution in [2.45, 2.75) is 25.6 Å². The second-order valence-electron chi connectivity index (χ2n) is 7.11. The van der Waals surface area contributed by atoms with Crippen molar-refractivity contribution in [1.29, 1.82) is 0 Å². The van der Waals surface area contributed by atoms with Gasteiger partial charge >= 0.3 is 0 Å². The first-order valence-electron chi connectivity index (χ1n) is 9.60. The van der Waals surface area contributed by atoms with Crippen LogP contribution in [0.2, 0.25) is 0 Å². The minimum Gasteiger partial charge on any atom is -0.491 e. The van der Waals surface area contributed by atoms with Gasteiger partial charge in [0, 0.05) is 44.1 Å². The molecule has 3 heterocycles. The number of nitrogens with zero attached hydrogens (tertiary/aromatic N) is 3. The number of nitrogens with one attached hydrogen (secondary N) is 1. The van der Waals surface area contributed by atoms with Crippen LogP contribution in [0.5, 0.6) is 5.75 Å². The third kappa shape index (κ3) is 4.14. The number of para-hydroxylation sites is 1. The average molecular weight is 380 g/mol. The summed E-state index contributed by atoms with van der Waals surface area (Å²) in [6.45, 7) is 3.39. The molecular weight excluding hydrogens is 356 g/mol. The lowest BCUT2D eigenvalue weighted by Crippen LogP contribution is -2.56. The minimum absolute atomic E-state index is 0.0291. The van der Waals surface area contributed by atoms with E-state index in [2.05, 4.69) is 15.2 Å². The second-order valence-corrected chi connectivity index (χ2v) is 7.11. The molecule has 1 aromatic heterocycles. The molecule has 0 spiro atoms. The fraction of sp³-hybridized carbons (Fsp3) is 0.381. The molecule has 146 valence electrons. The third-order valence-corrected chi connectivity index (χ3v) is 5.22. The molecule has 0 aliphatic carbocycles. The van der Waals surface area contributed by atoms with Gasteiger partial charge in [0.1, 0.15) is 12.4 Å². The van der Waals surface area contributed by atoms with E-state index in [0.717, 1.165) is 16.9 Å². The summed E-state index contributed by atoms with van der Waals surface area (Å²) < 4.78 is 5.75. The van der Waals surface area contributed by atoms with Crippen LogP contribution < -0.4 is 10.1 Å². The van der Waals surface area contributed by atoms with Gasteiger partial charge in [-0.1, -0.05) is 24.3 Å². The van der Waals surface area contributed by atoms with E-state index in [-0.39, 0.29) is 18.2 Å². The van der Waals surface area contributed by atoms with Crippen molar-refractivity contribution in [1.82, 2.24) is 20.1 Å². The van der Waals surface area contributed by atoms with Crippen LogP contribution in [0.3, 0.4) is 0 Å². The fourth-order valence-corrected chi connectivity index (χ4v) is 3.73. The van der Waals surface area contributed by atoms with Gasteiger partial charge in [-0.05, 0) is 17.7 Å². The number of pyridine rings is 1. The molecule has 4 rings (SSSR count). The van der Waals surface area contributed by atoms with Crippen molar-refractivity contribution in [3.63, 3.8) is 0 Å². The number of ether oxygens (including phenoxy) is 1. The van der Waals surface area contributed by atoms with E-state index in [9.17, 15) is 9.59 Å². The van der Waals surface area contributed by atoms with Gasteiger partial charge in [0.15, 0.2) is 0 Å². The fourth-order valence-electron chi connectivity index (χ4n) is 3.73. The molecule has 0 unspecified atom stereocenters. The minimum atomic E-state index is -0.471. The van der Waals surface area contributed by atoms with Gasteiger partial charge in [0.25, 0.3) is 0 Å². The van der Waals surface area contributed by atoms with Crippen LogP contribution >= 0.6 is 0 Å². The summed E-state index contributed by atoms with van der Waals surface area (Å²) in [4.78, 5) is 33.5. The van der Waals surface area contributed by atoms with E-state index in [1.54, 1.807) is 17.3 Å². The zero-order valence-electron chi connectivity index (χ0n) is 15.7. The van der Waals surface area contributed by atoms with Gasteiger partial charge in [0.2, 0.25) is 11.8 Å². The molecule has 2 amide bonds. The van der Waals surface area contributed by atoms with Gasteiger partial charge in [-0.25, -0.2) is 0 Å². The first-order chi connectivity index (χ1) is 13.7. The molecule has 2 aliphatic rings. The van der Waals surface area contributed by atoms with Crippen molar-refractivity contribution in [2.75, 3.05) is 26.2 Å². The highest BCUT2D eigenvalue weighted by Gasteiger charge is 2.33. The van der Waals surface area contributed by atoms with E-state index in [1.165, 1.54) is 0 Å². The number of fused-ring (bicyclic) bond motifs is 1. The second kappa shape index (κ2) is 8.39. The average Bonchev–Trinajstić information content (AvgIpc) is 2.94. The smallest absolute Gasteiger partial charge is 0.237 e. The molecule has 7 nitrogen and oxygen atoms in total. The molecule has 1 saturated heterocycles. The van der Waals surface area contributed by atoms with Crippen LogP contribution in [0.15, 0.2) is 48.8 Å². The number of carbonyl (C=O) groups excluding carboxylic acids is 2. The lowest BCUT2D eigenvalue weighted by Gasteiger charge is -2.35. The largest absolute Gasteiger partial charge is 0.491 e. The predicted octanol–water partition coefficient (Wildman–Crippen LogP) is 1.19. The van der Waals surface area contributed by atoms with Gasteiger partial charge < -0.3 is 15.0 Å². The molecule has 7 heteroatoms. The summed E-state index contributed by atoms with van der Waals surface area (Å²) in [5.74, 6) is 0.708. The number of amides is 2. The molecule has 28 heavy (non-hydrogen) atoms. The standard InChI is InChI=1S/C21H24N4O3/c26-20(25-10-11-28-19-6-2-1-5-17(19)15-25)12-18-21(27)23-8-9-24(18)14-16-4-3-7-22-13-16/h1-7,13,18H,8-12,14-15H2,(H,23,27)/t18-/m0/s1. The molecule has 2 aromatic rings. The monoisotopic (exact) mass is 380 g/mol. The van der Waals surface area contributed by atoms with E-state index < -0.39 is 6.04 Å². The zero-order chi connectivity index (χ0) is 19.3. The normalized spacial score (nSPS) is 19.9. The zero-order valence-corrected chi connectivity index (χ0v) is 15.7.